The van der Waals surface area contributed by atoms with Crippen molar-refractivity contribution < 1.29 is 73.2 Å². The van der Waals surface area contributed by atoms with Crippen LogP contribution in [0.5, 0.6) is 28.7 Å². The van der Waals surface area contributed by atoms with Crippen molar-refractivity contribution in [3.8, 4) is 40.6 Å². The smallest absolute Gasteiger partial charge is 0.317 e. The van der Waals surface area contributed by atoms with E-state index in [2.05, 4.69) is 16.8 Å². The van der Waals surface area contributed by atoms with Crippen LogP contribution in [-0.4, -0.2) is 120 Å². The summed E-state index contributed by atoms with van der Waals surface area (Å²) in [6, 6.07) is 16.9. The third kappa shape index (κ3) is 7.76. The lowest BCUT2D eigenvalue weighted by Gasteiger charge is -2.43. The Labute approximate surface area is 360 Å². The summed E-state index contributed by atoms with van der Waals surface area (Å²) in [5.74, 6) is 5.11. The number of esters is 1. The van der Waals surface area contributed by atoms with Gasteiger partial charge >= 0.3 is 11.9 Å². The maximum atomic E-state index is 12.4. The van der Waals surface area contributed by atoms with Crippen LogP contribution in [-0.2, 0) is 25.6 Å². The van der Waals surface area contributed by atoms with Crippen LogP contribution in [0.1, 0.15) is 53.0 Å². The number of nitrogens with zero attached hydrogens (tertiary/aromatic N) is 1. The first-order chi connectivity index (χ1) is 30.4. The molecule has 6 heterocycles. The maximum Gasteiger partial charge on any atom is 0.317 e. The molecule has 10 N–H and O–H groups in total. The van der Waals surface area contributed by atoms with Crippen molar-refractivity contribution in [2.45, 2.75) is 86.4 Å². The number of nitrogens with two attached hydrogens (primary N) is 2. The van der Waals surface area contributed by atoms with Gasteiger partial charge in [0.15, 0.2) is 23.3 Å². The molecular weight excluding hydrogens is 821 g/mol. The summed E-state index contributed by atoms with van der Waals surface area (Å²) in [7, 11) is 1.56. The van der Waals surface area contributed by atoms with Crippen LogP contribution in [0.25, 0.3) is 0 Å². The third-order valence-corrected chi connectivity index (χ3v) is 12.2. The Morgan fingerprint density at radius 1 is 1.03 bits per heavy atom. The van der Waals surface area contributed by atoms with Gasteiger partial charge in [-0.3, -0.25) is 19.5 Å². The van der Waals surface area contributed by atoms with Gasteiger partial charge in [-0.15, -0.1) is 0 Å². The Balaban J connectivity index is 1.16. The number of methoxy groups -OCH3 is 1. The number of fused-ring (bicyclic) bond motifs is 3. The Kier molecular flexibility index (Phi) is 11.6. The number of hydrogen-bond donors (Lipinski definition) is 8. The van der Waals surface area contributed by atoms with E-state index in [0.29, 0.717) is 58.5 Å². The van der Waals surface area contributed by atoms with E-state index >= 15 is 0 Å². The Morgan fingerprint density at radius 2 is 1.84 bits per heavy atom. The highest BCUT2D eigenvalue weighted by molar-refractivity contribution is 5.90. The van der Waals surface area contributed by atoms with Gasteiger partial charge in [0.25, 0.3) is 0 Å². The van der Waals surface area contributed by atoms with E-state index in [-0.39, 0.29) is 25.5 Å². The Bertz CT molecular complexity index is 2450. The molecule has 0 amide bonds. The summed E-state index contributed by atoms with van der Waals surface area (Å²) in [6.45, 7) is 0.822. The van der Waals surface area contributed by atoms with Crippen LogP contribution in [0.2, 0.25) is 0 Å². The number of carboxylic acids is 1. The summed E-state index contributed by atoms with van der Waals surface area (Å²) >= 11 is 0. The minimum absolute atomic E-state index is 0.0997. The van der Waals surface area contributed by atoms with E-state index in [1.807, 2.05) is 48.5 Å². The molecule has 1 fully saturated rings. The molecule has 4 bridgehead atoms. The van der Waals surface area contributed by atoms with Crippen LogP contribution in [0.15, 0.2) is 82.6 Å². The Morgan fingerprint density at radius 3 is 2.59 bits per heavy atom. The number of nitrogens with one attached hydrogen (secondary N) is 1. The van der Waals surface area contributed by atoms with Gasteiger partial charge in [0.1, 0.15) is 79.9 Å². The first-order valence-corrected chi connectivity index (χ1v) is 20.5. The summed E-state index contributed by atoms with van der Waals surface area (Å²) in [6.07, 6.45) is -10.6. The Hall–Kier alpha value is -6.01. The average molecular weight is 868 g/mol. The molecule has 9 rings (SSSR count). The molecule has 0 aliphatic carbocycles. The van der Waals surface area contributed by atoms with Gasteiger partial charge in [-0.25, -0.2) is 0 Å². The van der Waals surface area contributed by atoms with Crippen molar-refractivity contribution in [1.29, 1.82) is 0 Å². The number of quaternary nitrogens is 1. The molecule has 0 spiro atoms. The van der Waals surface area contributed by atoms with Crippen molar-refractivity contribution in [3.05, 3.63) is 99.9 Å². The lowest BCUT2D eigenvalue weighted by Crippen LogP contribution is -3.08. The molecule has 18 heteroatoms. The zero-order valence-electron chi connectivity index (χ0n) is 34.0. The number of aliphatic hydroxyl groups excluding tert-OH is 4. The van der Waals surface area contributed by atoms with Crippen molar-refractivity contribution in [2.24, 2.45) is 16.5 Å². The number of aliphatic carboxylic acids is 1. The quantitative estimate of drug-likeness (QED) is 0.0502. The van der Waals surface area contributed by atoms with Crippen molar-refractivity contribution in [1.82, 2.24) is 0 Å². The van der Waals surface area contributed by atoms with E-state index in [1.54, 1.807) is 25.5 Å². The van der Waals surface area contributed by atoms with E-state index in [4.69, 9.17) is 49.7 Å². The number of carboxylic acid groups (broad SMARTS) is 1. The zero-order valence-corrected chi connectivity index (χ0v) is 34.0. The van der Waals surface area contributed by atoms with E-state index in [9.17, 15) is 30.0 Å². The number of allylic oxidation sites excluding steroid dienone is 1. The predicted octanol–water partition coefficient (Wildman–Crippen LogP) is -0.327. The molecule has 11 atom stereocenters. The second-order valence-corrected chi connectivity index (χ2v) is 16.0. The van der Waals surface area contributed by atoms with Crippen LogP contribution < -0.4 is 40.1 Å². The number of aliphatic hydroxyl groups is 4. The average Bonchev–Trinajstić information content (AvgIpc) is 3.97. The highest BCUT2D eigenvalue weighted by Crippen LogP contribution is 2.60. The van der Waals surface area contributed by atoms with Gasteiger partial charge < -0.3 is 70.2 Å². The number of carbonyl (C=O) groups is 2. The second-order valence-electron chi connectivity index (χ2n) is 16.0. The molecule has 330 valence electrons. The molecule has 11 unspecified atom stereocenters. The van der Waals surface area contributed by atoms with Crippen LogP contribution in [0.4, 0.5) is 0 Å². The third-order valence-electron chi connectivity index (χ3n) is 12.2. The van der Waals surface area contributed by atoms with Crippen molar-refractivity contribution in [2.75, 3.05) is 26.9 Å². The summed E-state index contributed by atoms with van der Waals surface area (Å²) < 4.78 is 43.8. The van der Waals surface area contributed by atoms with Crippen LogP contribution >= 0.6 is 0 Å². The lowest BCUT2D eigenvalue weighted by atomic mass is 9.76. The number of hydrogen-bond acceptors (Lipinski definition) is 16. The van der Waals surface area contributed by atoms with Crippen molar-refractivity contribution >= 4 is 18.2 Å². The summed E-state index contributed by atoms with van der Waals surface area (Å²) in [5, 5.41) is 53.1. The van der Waals surface area contributed by atoms with E-state index in [0.717, 1.165) is 21.6 Å². The topological polar surface area (TPSA) is 269 Å². The number of benzene rings is 3. The number of aliphatic imine (C=N–C) groups is 1. The van der Waals surface area contributed by atoms with E-state index in [1.165, 1.54) is 0 Å². The fourth-order valence-electron chi connectivity index (χ4n) is 9.31. The fraction of sp³-hybridized carbons (Fsp3) is 0.400. The number of rotatable bonds is 12. The minimum Gasteiger partial charge on any atom is -0.493 e. The molecular formula is C45H47N4O14+. The molecule has 0 radical (unpaired) electrons. The zero-order chi connectivity index (χ0) is 44.1. The van der Waals surface area contributed by atoms with Gasteiger partial charge in [0, 0.05) is 41.0 Å². The highest BCUT2D eigenvalue weighted by Gasteiger charge is 2.54. The van der Waals surface area contributed by atoms with Crippen molar-refractivity contribution in [3.63, 3.8) is 0 Å². The molecule has 6 aliphatic rings. The second kappa shape index (κ2) is 17.3. The van der Waals surface area contributed by atoms with Gasteiger partial charge in [-0.05, 0) is 23.8 Å². The molecule has 1 saturated heterocycles. The predicted molar refractivity (Wildman–Crippen MR) is 219 cm³/mol. The van der Waals surface area contributed by atoms with Gasteiger partial charge in [-0.1, -0.05) is 48.2 Å². The molecule has 3 aromatic carbocycles. The summed E-state index contributed by atoms with van der Waals surface area (Å²) in [4.78, 5) is 29.0. The maximum absolute atomic E-state index is 12.4. The molecule has 6 aliphatic heterocycles. The first-order valence-electron chi connectivity index (χ1n) is 20.5. The number of ether oxygens (including phenoxy) is 7. The number of carbonyl (C=O) groups excluding carboxylic acids is 1. The minimum atomic E-state index is -1.92. The standard InChI is InChI=1S/C45H46N4O14/c1-57-28-11-10-26-33-38-25(21-7-3-2-4-8-21)9-5-6-14-58-40(28)39(26)62-41(33)32-23(19-49-18-22-12-13-48-34(22)27(49)20-50)15-24(16-29(32)60-38)59-45-37(56)35(54)36(55)42(63-45)43(44(46)47)61-31(53)17-30(51)52/h2-4,7-8,10-13,15-16,25,33,35-38,41-45,50,54-56H,6,14,17-20,46-47H2,1H3,(H,51,52)/p+1. The molecule has 3 aromatic rings. The lowest BCUT2D eigenvalue weighted by molar-refractivity contribution is -0.867. The normalized spacial score (nSPS) is 29.1. The van der Waals surface area contributed by atoms with Gasteiger partial charge in [0.05, 0.1) is 31.7 Å². The molecule has 63 heavy (non-hydrogen) atoms. The molecule has 18 nitrogen and oxygen atoms in total. The SMILES string of the molecule is COc1ccc2c3c1OCCC#CC(c1ccccc1)C1Oc4cc(OC5OC(C(OC(=O)CC(=O)O)C(N)N)C(O)C(O)C5O)cc(C[NH+]5CC6=CC=NC6=C5CO)c4C(O3)C21. The van der Waals surface area contributed by atoms with E-state index < -0.39 is 85.4 Å². The molecule has 0 saturated carbocycles. The monoisotopic (exact) mass is 867 g/mol. The summed E-state index contributed by atoms with van der Waals surface area (Å²) in [5.41, 5.74) is 17.3. The van der Waals surface area contributed by atoms with Gasteiger partial charge in [-0.2, -0.15) is 0 Å². The molecule has 0 aromatic heterocycles. The van der Waals surface area contributed by atoms with Crippen LogP contribution in [0, 0.1) is 11.8 Å². The van der Waals surface area contributed by atoms with Gasteiger partial charge in [0.2, 0.25) is 12.0 Å². The highest BCUT2D eigenvalue weighted by atomic mass is 16.7. The van der Waals surface area contributed by atoms with Crippen LogP contribution in [0.3, 0.4) is 0 Å². The first kappa shape index (κ1) is 42.3. The largest absolute Gasteiger partial charge is 0.493 e. The fourth-order valence-corrected chi connectivity index (χ4v) is 9.31.